The summed E-state index contributed by atoms with van der Waals surface area (Å²) in [5.74, 6) is 0.258. The fraction of sp³-hybridized carbons (Fsp3) is 0.692. The number of nitrogen functional groups attached to an aromatic ring is 1. The lowest BCUT2D eigenvalue weighted by Gasteiger charge is -2.25. The van der Waals surface area contributed by atoms with Crippen molar-refractivity contribution in [3.05, 3.63) is 11.1 Å². The molecule has 0 fully saturated rings. The summed E-state index contributed by atoms with van der Waals surface area (Å²) in [6.45, 7) is 9.66. The number of alkyl carbamates (subject to hydrolysis) is 1. The number of anilines is 1. The van der Waals surface area contributed by atoms with Crippen molar-refractivity contribution in [2.45, 2.75) is 52.7 Å². The van der Waals surface area contributed by atoms with Crippen LogP contribution in [0.25, 0.3) is 0 Å². The molecule has 19 heavy (non-hydrogen) atoms. The lowest BCUT2D eigenvalue weighted by atomic mass is 9.97. The Kier molecular flexibility index (Phi) is 5.17. The van der Waals surface area contributed by atoms with Gasteiger partial charge in [0.15, 0.2) is 5.13 Å². The van der Waals surface area contributed by atoms with Gasteiger partial charge in [-0.05, 0) is 26.7 Å². The Balaban J connectivity index is 2.79. The lowest BCUT2D eigenvalue weighted by Crippen LogP contribution is -2.37. The van der Waals surface area contributed by atoms with Crippen molar-refractivity contribution in [3.63, 3.8) is 0 Å². The van der Waals surface area contributed by atoms with Crippen LogP contribution < -0.4 is 11.1 Å². The maximum absolute atomic E-state index is 11.9. The van der Waals surface area contributed by atoms with Crippen molar-refractivity contribution in [1.82, 2.24) is 10.3 Å². The first-order valence-corrected chi connectivity index (χ1v) is 7.31. The van der Waals surface area contributed by atoms with E-state index in [1.165, 1.54) is 11.3 Å². The molecule has 1 amide bonds. The van der Waals surface area contributed by atoms with Gasteiger partial charge in [0.1, 0.15) is 5.60 Å². The van der Waals surface area contributed by atoms with Crippen molar-refractivity contribution in [1.29, 1.82) is 0 Å². The third kappa shape index (κ3) is 5.06. The third-order valence-corrected chi connectivity index (χ3v) is 3.44. The largest absolute Gasteiger partial charge is 0.444 e. The van der Waals surface area contributed by atoms with Gasteiger partial charge in [-0.25, -0.2) is 9.78 Å². The second-order valence-corrected chi connectivity index (χ2v) is 6.51. The molecule has 0 aliphatic rings. The Bertz CT molecular complexity index is 426. The van der Waals surface area contributed by atoms with Crippen LogP contribution >= 0.6 is 11.3 Å². The Morgan fingerprint density at radius 3 is 2.63 bits per heavy atom. The highest BCUT2D eigenvalue weighted by atomic mass is 32.1. The number of thiazole rings is 1. The summed E-state index contributed by atoms with van der Waals surface area (Å²) in [6, 6.07) is -0.173. The van der Waals surface area contributed by atoms with Crippen LogP contribution in [0.1, 0.15) is 52.8 Å². The second kappa shape index (κ2) is 6.23. The van der Waals surface area contributed by atoms with Crippen LogP contribution in [0.15, 0.2) is 5.38 Å². The number of carbonyl (C=O) groups is 1. The minimum absolute atomic E-state index is 0.173. The zero-order chi connectivity index (χ0) is 14.6. The summed E-state index contributed by atoms with van der Waals surface area (Å²) >= 11 is 1.38. The Labute approximate surface area is 118 Å². The number of nitrogens with zero attached hydrogens (tertiary/aromatic N) is 1. The minimum atomic E-state index is -0.509. The Hall–Kier alpha value is -1.30. The molecule has 0 radical (unpaired) electrons. The SMILES string of the molecule is CC[C@H](C)[C@H](NC(=O)OC(C)(C)C)c1csc(N)n1. The zero-order valence-corrected chi connectivity index (χ0v) is 13.0. The Morgan fingerprint density at radius 2 is 2.21 bits per heavy atom. The monoisotopic (exact) mass is 285 g/mol. The summed E-state index contributed by atoms with van der Waals surface area (Å²) in [4.78, 5) is 16.1. The first kappa shape index (κ1) is 15.8. The third-order valence-electron chi connectivity index (χ3n) is 2.74. The van der Waals surface area contributed by atoms with E-state index in [2.05, 4.69) is 24.1 Å². The van der Waals surface area contributed by atoms with Gasteiger partial charge in [-0.1, -0.05) is 20.3 Å². The molecule has 2 atom stereocenters. The normalized spacial score (nSPS) is 14.8. The van der Waals surface area contributed by atoms with E-state index in [4.69, 9.17) is 10.5 Å². The van der Waals surface area contributed by atoms with Crippen LogP contribution in [-0.2, 0) is 4.74 Å². The highest BCUT2D eigenvalue weighted by molar-refractivity contribution is 7.13. The Morgan fingerprint density at radius 1 is 1.58 bits per heavy atom. The van der Waals surface area contributed by atoms with Crippen molar-refractivity contribution in [3.8, 4) is 0 Å². The quantitative estimate of drug-likeness (QED) is 0.889. The number of hydrogen-bond donors (Lipinski definition) is 2. The second-order valence-electron chi connectivity index (χ2n) is 5.62. The van der Waals surface area contributed by atoms with Gasteiger partial charge in [-0.2, -0.15) is 0 Å². The van der Waals surface area contributed by atoms with Crippen LogP contribution in [-0.4, -0.2) is 16.7 Å². The van der Waals surface area contributed by atoms with Crippen LogP contribution in [0.5, 0.6) is 0 Å². The number of aromatic nitrogens is 1. The molecule has 0 bridgehead atoms. The van der Waals surface area contributed by atoms with E-state index in [0.717, 1.165) is 12.1 Å². The first-order chi connectivity index (χ1) is 8.73. The van der Waals surface area contributed by atoms with Crippen molar-refractivity contribution < 1.29 is 9.53 Å². The number of hydrogen-bond acceptors (Lipinski definition) is 5. The molecule has 0 unspecified atom stereocenters. The summed E-state index contributed by atoms with van der Waals surface area (Å²) in [6.07, 6.45) is 0.502. The molecule has 0 aromatic carbocycles. The number of nitrogens with two attached hydrogens (primary N) is 1. The van der Waals surface area contributed by atoms with Crippen molar-refractivity contribution >= 4 is 22.6 Å². The molecule has 1 aromatic rings. The summed E-state index contributed by atoms with van der Waals surface area (Å²) in [5.41, 5.74) is 5.94. The summed E-state index contributed by atoms with van der Waals surface area (Å²) in [7, 11) is 0. The van der Waals surface area contributed by atoms with Gasteiger partial charge in [0.25, 0.3) is 0 Å². The molecular weight excluding hydrogens is 262 g/mol. The maximum atomic E-state index is 11.9. The van der Waals surface area contributed by atoms with Crippen molar-refractivity contribution in [2.75, 3.05) is 5.73 Å². The molecule has 0 aliphatic heterocycles. The highest BCUT2D eigenvalue weighted by Gasteiger charge is 2.25. The standard InChI is InChI=1S/C13H23N3O2S/c1-6-8(2)10(9-7-19-11(14)15-9)16-12(17)18-13(3,4)5/h7-8,10H,6H2,1-5H3,(H2,14,15)(H,16,17)/t8-,10-/m0/s1. The number of nitrogens with one attached hydrogen (secondary N) is 1. The van der Waals surface area contributed by atoms with Gasteiger partial charge >= 0.3 is 6.09 Å². The molecule has 6 heteroatoms. The van der Waals surface area contributed by atoms with Gasteiger partial charge in [0.2, 0.25) is 0 Å². The number of rotatable bonds is 4. The fourth-order valence-electron chi connectivity index (χ4n) is 1.62. The molecule has 0 spiro atoms. The molecule has 0 saturated heterocycles. The average molecular weight is 285 g/mol. The molecule has 5 nitrogen and oxygen atoms in total. The zero-order valence-electron chi connectivity index (χ0n) is 12.2. The molecule has 3 N–H and O–H groups in total. The van der Waals surface area contributed by atoms with Gasteiger partial charge in [0, 0.05) is 5.38 Å². The molecule has 0 saturated carbocycles. The maximum Gasteiger partial charge on any atom is 0.408 e. The number of ether oxygens (including phenoxy) is 1. The fourth-order valence-corrected chi connectivity index (χ4v) is 2.22. The molecule has 1 aromatic heterocycles. The molecule has 108 valence electrons. The van der Waals surface area contributed by atoms with Gasteiger partial charge in [0.05, 0.1) is 11.7 Å². The topological polar surface area (TPSA) is 77.2 Å². The van der Waals surface area contributed by atoms with E-state index in [1.807, 2.05) is 26.2 Å². The van der Waals surface area contributed by atoms with E-state index in [0.29, 0.717) is 5.13 Å². The van der Waals surface area contributed by atoms with E-state index < -0.39 is 11.7 Å². The first-order valence-electron chi connectivity index (χ1n) is 6.43. The van der Waals surface area contributed by atoms with E-state index in [-0.39, 0.29) is 12.0 Å². The van der Waals surface area contributed by atoms with Gasteiger partial charge in [-0.3, -0.25) is 0 Å². The predicted octanol–water partition coefficient (Wildman–Crippen LogP) is 3.34. The van der Waals surface area contributed by atoms with Gasteiger partial charge in [-0.15, -0.1) is 11.3 Å². The van der Waals surface area contributed by atoms with E-state index in [1.54, 1.807) is 0 Å². The number of carbonyl (C=O) groups excluding carboxylic acids is 1. The van der Waals surface area contributed by atoms with E-state index in [9.17, 15) is 4.79 Å². The minimum Gasteiger partial charge on any atom is -0.444 e. The molecular formula is C13H23N3O2S. The lowest BCUT2D eigenvalue weighted by molar-refractivity contribution is 0.0485. The summed E-state index contributed by atoms with van der Waals surface area (Å²) in [5, 5.41) is 5.27. The molecule has 0 aliphatic carbocycles. The average Bonchev–Trinajstić information content (AvgIpc) is 2.69. The van der Waals surface area contributed by atoms with E-state index >= 15 is 0 Å². The van der Waals surface area contributed by atoms with Crippen LogP contribution in [0, 0.1) is 5.92 Å². The summed E-state index contributed by atoms with van der Waals surface area (Å²) < 4.78 is 5.29. The molecule has 1 heterocycles. The predicted molar refractivity (Wildman–Crippen MR) is 78.1 cm³/mol. The van der Waals surface area contributed by atoms with Gasteiger partial charge < -0.3 is 15.8 Å². The number of amides is 1. The van der Waals surface area contributed by atoms with Crippen LogP contribution in [0.2, 0.25) is 0 Å². The van der Waals surface area contributed by atoms with Crippen LogP contribution in [0.4, 0.5) is 9.93 Å². The molecule has 1 rings (SSSR count). The highest BCUT2D eigenvalue weighted by Crippen LogP contribution is 2.27. The smallest absolute Gasteiger partial charge is 0.408 e. The van der Waals surface area contributed by atoms with Crippen LogP contribution in [0.3, 0.4) is 0 Å². The van der Waals surface area contributed by atoms with Crippen molar-refractivity contribution in [2.24, 2.45) is 5.92 Å².